The van der Waals surface area contributed by atoms with Crippen LogP contribution in [-0.4, -0.2) is 11.1 Å². The number of rotatable bonds is 4. The van der Waals surface area contributed by atoms with E-state index in [4.69, 9.17) is 5.11 Å². The summed E-state index contributed by atoms with van der Waals surface area (Å²) in [4.78, 5) is 13.8. The number of benzene rings is 1. The number of carboxylic acid groups (broad SMARTS) is 1. The molecular formula is C16H19NO2S. The maximum absolute atomic E-state index is 11.2. The third-order valence-corrected chi connectivity index (χ3v) is 4.46. The monoisotopic (exact) mass is 289 g/mol. The molecule has 2 aromatic rings. The molecule has 0 saturated carbocycles. The average Bonchev–Trinajstić information content (AvgIpc) is 2.70. The Hall–Kier alpha value is -1.81. The number of aryl methyl sites for hydroxylation is 2. The van der Waals surface area contributed by atoms with E-state index >= 15 is 0 Å². The lowest BCUT2D eigenvalue weighted by Crippen LogP contribution is -2.10. The van der Waals surface area contributed by atoms with Crippen molar-refractivity contribution in [2.24, 2.45) is 0 Å². The van der Waals surface area contributed by atoms with Crippen LogP contribution in [0, 0.1) is 20.8 Å². The van der Waals surface area contributed by atoms with Crippen LogP contribution in [-0.2, 0) is 0 Å². The molecule has 4 heteroatoms. The van der Waals surface area contributed by atoms with Crippen molar-refractivity contribution in [3.8, 4) is 0 Å². The van der Waals surface area contributed by atoms with E-state index in [2.05, 4.69) is 32.2 Å². The molecule has 1 aromatic heterocycles. The highest BCUT2D eigenvalue weighted by molar-refractivity contribution is 7.12. The number of nitrogens with one attached hydrogen (secondary N) is 1. The first kappa shape index (κ1) is 14.6. The molecule has 1 unspecified atom stereocenters. The molecule has 0 saturated heterocycles. The van der Waals surface area contributed by atoms with Crippen molar-refractivity contribution in [3.63, 3.8) is 0 Å². The number of carbonyl (C=O) groups is 1. The number of aromatic carboxylic acids is 1. The number of hydrogen-bond acceptors (Lipinski definition) is 3. The van der Waals surface area contributed by atoms with Crippen LogP contribution in [0.4, 0.5) is 5.69 Å². The minimum atomic E-state index is -0.888. The molecular weight excluding hydrogens is 270 g/mol. The second kappa shape index (κ2) is 5.67. The largest absolute Gasteiger partial charge is 0.478 e. The average molecular weight is 289 g/mol. The normalized spacial score (nSPS) is 12.2. The molecule has 20 heavy (non-hydrogen) atoms. The van der Waals surface area contributed by atoms with Crippen molar-refractivity contribution in [2.45, 2.75) is 33.7 Å². The van der Waals surface area contributed by atoms with Gasteiger partial charge in [-0.1, -0.05) is 6.07 Å². The van der Waals surface area contributed by atoms with E-state index in [0.717, 1.165) is 11.3 Å². The van der Waals surface area contributed by atoms with Crippen molar-refractivity contribution >= 4 is 23.0 Å². The molecule has 1 heterocycles. The maximum Gasteiger partial charge on any atom is 0.336 e. The predicted octanol–water partition coefficient (Wildman–Crippen LogP) is 4.54. The van der Waals surface area contributed by atoms with E-state index in [0.29, 0.717) is 5.56 Å². The van der Waals surface area contributed by atoms with Gasteiger partial charge in [-0.3, -0.25) is 0 Å². The molecule has 106 valence electrons. The number of hydrogen-bond donors (Lipinski definition) is 2. The molecule has 2 rings (SSSR count). The summed E-state index contributed by atoms with van der Waals surface area (Å²) in [6.45, 7) is 8.15. The summed E-state index contributed by atoms with van der Waals surface area (Å²) in [5.74, 6) is -0.888. The Balaban J connectivity index is 2.28. The van der Waals surface area contributed by atoms with Crippen LogP contribution in [0.15, 0.2) is 24.3 Å². The van der Waals surface area contributed by atoms with Crippen molar-refractivity contribution in [1.29, 1.82) is 0 Å². The molecule has 0 radical (unpaired) electrons. The Labute approximate surface area is 123 Å². The highest BCUT2D eigenvalue weighted by Crippen LogP contribution is 2.30. The smallest absolute Gasteiger partial charge is 0.336 e. The predicted molar refractivity (Wildman–Crippen MR) is 84.0 cm³/mol. The van der Waals surface area contributed by atoms with Gasteiger partial charge >= 0.3 is 5.97 Å². The summed E-state index contributed by atoms with van der Waals surface area (Å²) in [6.07, 6.45) is 0. The zero-order valence-electron chi connectivity index (χ0n) is 12.2. The fourth-order valence-corrected chi connectivity index (χ4v) is 3.44. The second-order valence-electron chi connectivity index (χ2n) is 5.02. The first-order valence-electron chi connectivity index (χ1n) is 6.56. The van der Waals surface area contributed by atoms with Crippen molar-refractivity contribution in [1.82, 2.24) is 0 Å². The van der Waals surface area contributed by atoms with E-state index in [-0.39, 0.29) is 6.04 Å². The summed E-state index contributed by atoms with van der Waals surface area (Å²) < 4.78 is 0. The van der Waals surface area contributed by atoms with Crippen LogP contribution in [0.1, 0.15) is 44.2 Å². The fraction of sp³-hybridized carbons (Fsp3) is 0.312. The summed E-state index contributed by atoms with van der Waals surface area (Å²) in [5, 5.41) is 12.6. The lowest BCUT2D eigenvalue weighted by molar-refractivity contribution is 0.0696. The van der Waals surface area contributed by atoms with Gasteiger partial charge in [-0.15, -0.1) is 11.3 Å². The molecule has 0 aliphatic carbocycles. The van der Waals surface area contributed by atoms with Gasteiger partial charge in [0, 0.05) is 21.5 Å². The topological polar surface area (TPSA) is 49.3 Å². The molecule has 0 bridgehead atoms. The number of thiophene rings is 1. The van der Waals surface area contributed by atoms with Gasteiger partial charge in [-0.25, -0.2) is 4.79 Å². The summed E-state index contributed by atoms with van der Waals surface area (Å²) in [7, 11) is 0. The van der Waals surface area contributed by atoms with E-state index in [9.17, 15) is 4.79 Å². The summed E-state index contributed by atoms with van der Waals surface area (Å²) in [5.41, 5.74) is 3.27. The molecule has 2 N–H and O–H groups in total. The standard InChI is InChI=1S/C16H19NO2S/c1-9-8-14(12(4)20-9)11(3)17-15-7-5-6-13(10(15)2)16(18)19/h5-8,11,17H,1-4H3,(H,18,19). The Kier molecular flexibility index (Phi) is 4.14. The van der Waals surface area contributed by atoms with Gasteiger partial charge in [0.05, 0.1) is 5.56 Å². The van der Waals surface area contributed by atoms with E-state index < -0.39 is 5.97 Å². The van der Waals surface area contributed by atoms with Gasteiger partial charge < -0.3 is 10.4 Å². The third-order valence-electron chi connectivity index (χ3n) is 3.48. The van der Waals surface area contributed by atoms with Crippen LogP contribution in [0.5, 0.6) is 0 Å². The van der Waals surface area contributed by atoms with Gasteiger partial charge in [-0.2, -0.15) is 0 Å². The van der Waals surface area contributed by atoms with E-state index in [1.165, 1.54) is 15.3 Å². The Morgan fingerprint density at radius 3 is 2.55 bits per heavy atom. The Morgan fingerprint density at radius 1 is 1.30 bits per heavy atom. The van der Waals surface area contributed by atoms with Gasteiger partial charge in [0.1, 0.15) is 0 Å². The van der Waals surface area contributed by atoms with Crippen LogP contribution in [0.2, 0.25) is 0 Å². The minimum absolute atomic E-state index is 0.155. The van der Waals surface area contributed by atoms with Gasteiger partial charge in [0.25, 0.3) is 0 Å². The van der Waals surface area contributed by atoms with Crippen LogP contribution in [0.3, 0.4) is 0 Å². The van der Waals surface area contributed by atoms with E-state index in [1.54, 1.807) is 23.5 Å². The molecule has 0 spiro atoms. The van der Waals surface area contributed by atoms with Crippen molar-refractivity contribution in [2.75, 3.05) is 5.32 Å². The van der Waals surface area contributed by atoms with Gasteiger partial charge in [0.2, 0.25) is 0 Å². The first-order valence-corrected chi connectivity index (χ1v) is 7.38. The van der Waals surface area contributed by atoms with E-state index in [1.807, 2.05) is 13.0 Å². The maximum atomic E-state index is 11.2. The Bertz CT molecular complexity index is 646. The summed E-state index contributed by atoms with van der Waals surface area (Å²) in [6, 6.07) is 7.67. The quantitative estimate of drug-likeness (QED) is 0.868. The molecule has 0 aliphatic rings. The molecule has 0 fully saturated rings. The zero-order valence-corrected chi connectivity index (χ0v) is 13.0. The van der Waals surface area contributed by atoms with Crippen LogP contribution < -0.4 is 5.32 Å². The SMILES string of the molecule is Cc1cc(C(C)Nc2cccc(C(=O)O)c2C)c(C)s1. The Morgan fingerprint density at radius 2 is 2.00 bits per heavy atom. The third kappa shape index (κ3) is 2.85. The number of carboxylic acids is 1. The molecule has 0 amide bonds. The number of anilines is 1. The van der Waals surface area contributed by atoms with Crippen molar-refractivity contribution in [3.05, 3.63) is 50.7 Å². The second-order valence-corrected chi connectivity index (χ2v) is 6.48. The van der Waals surface area contributed by atoms with Gasteiger partial charge in [-0.05, 0) is 57.0 Å². The van der Waals surface area contributed by atoms with Crippen molar-refractivity contribution < 1.29 is 9.90 Å². The van der Waals surface area contributed by atoms with Crippen LogP contribution in [0.25, 0.3) is 0 Å². The first-order chi connectivity index (χ1) is 9.40. The van der Waals surface area contributed by atoms with Gasteiger partial charge in [0.15, 0.2) is 0 Å². The zero-order chi connectivity index (χ0) is 14.9. The van der Waals surface area contributed by atoms with Crippen LogP contribution >= 0.6 is 11.3 Å². The highest BCUT2D eigenvalue weighted by Gasteiger charge is 2.14. The fourth-order valence-electron chi connectivity index (χ4n) is 2.42. The highest BCUT2D eigenvalue weighted by atomic mass is 32.1. The lowest BCUT2D eigenvalue weighted by atomic mass is 10.0. The molecule has 3 nitrogen and oxygen atoms in total. The minimum Gasteiger partial charge on any atom is -0.478 e. The molecule has 1 atom stereocenters. The summed E-state index contributed by atoms with van der Waals surface area (Å²) >= 11 is 1.79. The molecule has 1 aromatic carbocycles. The lowest BCUT2D eigenvalue weighted by Gasteiger charge is -2.18. The molecule has 0 aliphatic heterocycles.